The number of fused-ring (bicyclic) bond motifs is 1. The Labute approximate surface area is 226 Å². The van der Waals surface area contributed by atoms with Crippen LogP contribution in [0.2, 0.25) is 5.02 Å². The topological polar surface area (TPSA) is 98.0 Å². The van der Waals surface area contributed by atoms with Crippen LogP contribution in [-0.2, 0) is 25.0 Å². The lowest BCUT2D eigenvalue weighted by atomic mass is 10.0. The third kappa shape index (κ3) is 5.00. The average Bonchev–Trinajstić information content (AvgIpc) is 3.50. The van der Waals surface area contributed by atoms with Gasteiger partial charge in [-0.25, -0.2) is 18.6 Å². The van der Waals surface area contributed by atoms with Gasteiger partial charge in [0.25, 0.3) is 0 Å². The van der Waals surface area contributed by atoms with Gasteiger partial charge in [0.05, 0.1) is 11.0 Å². The second-order valence-corrected chi connectivity index (χ2v) is 9.44. The second-order valence-electron chi connectivity index (χ2n) is 9.00. The Morgan fingerprint density at radius 2 is 1.90 bits per heavy atom. The van der Waals surface area contributed by atoms with E-state index in [4.69, 9.17) is 16.3 Å². The number of anilines is 1. The van der Waals surface area contributed by atoms with Crippen LogP contribution >= 0.6 is 11.6 Å². The van der Waals surface area contributed by atoms with Gasteiger partial charge in [-0.05, 0) is 66.6 Å². The van der Waals surface area contributed by atoms with Crippen LogP contribution in [0.3, 0.4) is 0 Å². The number of aromatic amines is 1. The number of nitrogens with one attached hydrogen (secondary N) is 1. The average molecular weight is 553 g/mol. The molecule has 0 aliphatic rings. The minimum Gasteiger partial charge on any atom is -0.482 e. The Balaban J connectivity index is 1.52. The Morgan fingerprint density at radius 3 is 2.56 bits per heavy atom. The summed E-state index contributed by atoms with van der Waals surface area (Å²) >= 11 is 5.94. The molecule has 2 aromatic heterocycles. The second kappa shape index (κ2) is 10.3. The maximum atomic E-state index is 15.2. The van der Waals surface area contributed by atoms with Gasteiger partial charge in [-0.15, -0.1) is 0 Å². The summed E-state index contributed by atoms with van der Waals surface area (Å²) in [5.74, 6) is -1.25. The Hall–Kier alpha value is -4.51. The fraction of sp³-hybridized carbons (Fsp3) is 0.185. The molecule has 2 heterocycles. The molecule has 0 unspecified atom stereocenters. The Morgan fingerprint density at radius 1 is 1.15 bits per heavy atom. The molecule has 0 saturated heterocycles. The van der Waals surface area contributed by atoms with Crippen molar-refractivity contribution >= 4 is 34.2 Å². The molecule has 12 heteroatoms. The maximum Gasteiger partial charge on any atom is 0.329 e. The maximum absolute atomic E-state index is 15.2. The Kier molecular flexibility index (Phi) is 6.92. The first-order valence-electron chi connectivity index (χ1n) is 11.8. The zero-order valence-electron chi connectivity index (χ0n) is 21.2. The van der Waals surface area contributed by atoms with Crippen molar-refractivity contribution in [3.63, 3.8) is 0 Å². The summed E-state index contributed by atoms with van der Waals surface area (Å²) in [5, 5.41) is 6.89. The first kappa shape index (κ1) is 26.1. The SMILES string of the molecule is Cc1cc(-c2cc(F)cc3c2n(C)c(=O)n3CC(=O)N(C)c2ccc(Cl)cc2)cc(F)c1OCc1ncn[nH]1. The minimum atomic E-state index is -0.661. The van der Waals surface area contributed by atoms with Crippen molar-refractivity contribution in [1.82, 2.24) is 24.3 Å². The summed E-state index contributed by atoms with van der Waals surface area (Å²) in [7, 11) is 3.10. The van der Waals surface area contributed by atoms with Gasteiger partial charge in [0, 0.05) is 30.4 Å². The number of nitrogens with zero attached hydrogens (tertiary/aromatic N) is 5. The predicted octanol–water partition coefficient (Wildman–Crippen LogP) is 4.61. The Bertz CT molecular complexity index is 1720. The van der Waals surface area contributed by atoms with Gasteiger partial charge >= 0.3 is 5.69 Å². The number of carbonyl (C=O) groups is 1. The molecule has 0 aliphatic carbocycles. The van der Waals surface area contributed by atoms with E-state index in [-0.39, 0.29) is 24.4 Å². The van der Waals surface area contributed by atoms with Gasteiger partial charge in [-0.1, -0.05) is 11.6 Å². The molecule has 1 amide bonds. The number of aromatic nitrogens is 5. The van der Waals surface area contributed by atoms with E-state index in [0.29, 0.717) is 38.7 Å². The molecule has 0 saturated carbocycles. The number of halogens is 3. The van der Waals surface area contributed by atoms with Gasteiger partial charge in [0.1, 0.15) is 25.3 Å². The summed E-state index contributed by atoms with van der Waals surface area (Å²) in [6, 6.07) is 12.0. The molecule has 0 spiro atoms. The van der Waals surface area contributed by atoms with E-state index in [9.17, 15) is 14.0 Å². The van der Waals surface area contributed by atoms with E-state index < -0.39 is 23.2 Å². The lowest BCUT2D eigenvalue weighted by Crippen LogP contribution is -2.34. The van der Waals surface area contributed by atoms with Crippen LogP contribution in [0.15, 0.2) is 59.7 Å². The predicted molar refractivity (Wildman–Crippen MR) is 143 cm³/mol. The van der Waals surface area contributed by atoms with E-state index in [1.54, 1.807) is 44.3 Å². The van der Waals surface area contributed by atoms with Crippen molar-refractivity contribution in [2.24, 2.45) is 7.05 Å². The zero-order chi connectivity index (χ0) is 27.8. The molecule has 1 N–H and O–H groups in total. The van der Waals surface area contributed by atoms with Crippen LogP contribution in [0.5, 0.6) is 5.75 Å². The normalized spacial score (nSPS) is 11.2. The van der Waals surface area contributed by atoms with E-state index in [1.807, 2.05) is 0 Å². The molecule has 0 atom stereocenters. The summed E-state index contributed by atoms with van der Waals surface area (Å²) < 4.78 is 38.2. The number of amides is 1. The molecule has 0 bridgehead atoms. The van der Waals surface area contributed by atoms with Gasteiger partial charge in [0.2, 0.25) is 5.91 Å². The van der Waals surface area contributed by atoms with E-state index in [2.05, 4.69) is 15.2 Å². The number of hydrogen-bond donors (Lipinski definition) is 1. The molecule has 200 valence electrons. The van der Waals surface area contributed by atoms with Crippen LogP contribution in [0.1, 0.15) is 11.4 Å². The van der Waals surface area contributed by atoms with Gasteiger partial charge in [-0.2, -0.15) is 5.10 Å². The molecule has 0 aliphatic heterocycles. The first-order chi connectivity index (χ1) is 18.6. The summed E-state index contributed by atoms with van der Waals surface area (Å²) in [6.07, 6.45) is 1.32. The quantitative estimate of drug-likeness (QED) is 0.318. The summed E-state index contributed by atoms with van der Waals surface area (Å²) in [6.45, 7) is 1.31. The molecule has 5 rings (SSSR count). The highest BCUT2D eigenvalue weighted by atomic mass is 35.5. The number of likely N-dealkylation sites (N-methyl/N-ethyl adjacent to an activating group) is 1. The molecule has 0 radical (unpaired) electrons. The zero-order valence-corrected chi connectivity index (χ0v) is 22.0. The monoisotopic (exact) mass is 552 g/mol. The highest BCUT2D eigenvalue weighted by molar-refractivity contribution is 6.30. The lowest BCUT2D eigenvalue weighted by molar-refractivity contribution is -0.118. The van der Waals surface area contributed by atoms with E-state index in [0.717, 1.165) is 0 Å². The first-order valence-corrected chi connectivity index (χ1v) is 12.2. The molecular weight excluding hydrogens is 530 g/mol. The number of carbonyl (C=O) groups excluding carboxylic acids is 1. The van der Waals surface area contributed by atoms with Crippen molar-refractivity contribution in [1.29, 1.82) is 0 Å². The minimum absolute atomic E-state index is 0.0167. The van der Waals surface area contributed by atoms with Crippen LogP contribution in [-0.4, -0.2) is 37.3 Å². The summed E-state index contributed by atoms with van der Waals surface area (Å²) in [5.41, 5.74) is 1.74. The fourth-order valence-electron chi connectivity index (χ4n) is 4.46. The van der Waals surface area contributed by atoms with Crippen molar-refractivity contribution in [3.05, 3.63) is 93.4 Å². The molecule has 5 aromatic rings. The van der Waals surface area contributed by atoms with Crippen LogP contribution in [0.25, 0.3) is 22.2 Å². The van der Waals surface area contributed by atoms with E-state index in [1.165, 1.54) is 45.6 Å². The van der Waals surface area contributed by atoms with Crippen LogP contribution in [0, 0.1) is 18.6 Å². The molecule has 39 heavy (non-hydrogen) atoms. The third-order valence-electron chi connectivity index (χ3n) is 6.44. The largest absolute Gasteiger partial charge is 0.482 e. The van der Waals surface area contributed by atoms with Crippen LogP contribution < -0.4 is 15.3 Å². The van der Waals surface area contributed by atoms with Crippen LogP contribution in [0.4, 0.5) is 14.5 Å². The van der Waals surface area contributed by atoms with Crippen molar-refractivity contribution < 1.29 is 18.3 Å². The number of H-pyrrole nitrogens is 1. The highest BCUT2D eigenvalue weighted by Crippen LogP contribution is 2.34. The fourth-order valence-corrected chi connectivity index (χ4v) is 4.58. The van der Waals surface area contributed by atoms with Gasteiger partial charge in [-0.3, -0.25) is 19.0 Å². The van der Waals surface area contributed by atoms with Crippen molar-refractivity contribution in [2.75, 3.05) is 11.9 Å². The molecule has 3 aromatic carbocycles. The number of hydrogen-bond acceptors (Lipinski definition) is 5. The van der Waals surface area contributed by atoms with Crippen molar-refractivity contribution in [2.45, 2.75) is 20.1 Å². The van der Waals surface area contributed by atoms with Crippen molar-refractivity contribution in [3.8, 4) is 16.9 Å². The summed E-state index contributed by atoms with van der Waals surface area (Å²) in [4.78, 5) is 31.6. The van der Waals surface area contributed by atoms with Gasteiger partial charge < -0.3 is 9.64 Å². The standard InChI is InChI=1S/C27H23ClF2N6O3/c1-15-8-16(9-21(30)26(15)39-13-23-31-14-32-33-23)20-10-18(29)11-22-25(20)35(3)27(38)36(22)12-24(37)34(2)19-6-4-17(28)5-7-19/h4-11,14H,12-13H2,1-3H3,(H,31,32,33). The number of imidazole rings is 1. The van der Waals surface area contributed by atoms with Gasteiger partial charge in [0.15, 0.2) is 17.4 Å². The highest BCUT2D eigenvalue weighted by Gasteiger charge is 2.22. The number of rotatable bonds is 7. The third-order valence-corrected chi connectivity index (χ3v) is 6.69. The number of benzene rings is 3. The lowest BCUT2D eigenvalue weighted by Gasteiger charge is -2.17. The molecule has 9 nitrogen and oxygen atoms in total. The molecular formula is C27H23ClF2N6O3. The van der Waals surface area contributed by atoms with E-state index >= 15 is 4.39 Å². The molecule has 0 fully saturated rings. The number of aryl methyl sites for hydroxylation is 2. The number of ether oxygens (including phenoxy) is 1. The smallest absolute Gasteiger partial charge is 0.329 e.